The molecule has 3 atom stereocenters. The Balaban J connectivity index is 2.18. The Labute approximate surface area is 129 Å². The van der Waals surface area contributed by atoms with Gasteiger partial charge in [0.2, 0.25) is 0 Å². The van der Waals surface area contributed by atoms with E-state index in [1.807, 2.05) is 6.92 Å². The average molecular weight is 302 g/mol. The molecule has 2 rings (SSSR count). The zero-order chi connectivity index (χ0) is 15.6. The maximum atomic E-state index is 12.1. The summed E-state index contributed by atoms with van der Waals surface area (Å²) in [5.74, 6) is 0.546. The molecule has 0 amide bonds. The molecule has 1 aromatic rings. The molecule has 1 aliphatic rings. The second kappa shape index (κ2) is 6.18. The van der Waals surface area contributed by atoms with Crippen molar-refractivity contribution in [2.45, 2.75) is 39.4 Å². The van der Waals surface area contributed by atoms with Crippen molar-refractivity contribution < 1.29 is 9.53 Å². The number of carbonyl (C=O) groups excluding carboxylic acids is 1. The highest BCUT2D eigenvalue weighted by Gasteiger charge is 2.54. The van der Waals surface area contributed by atoms with Crippen LogP contribution in [-0.2, 0) is 9.53 Å². The SMILES string of the molecule is CCOC(=O)[C@H]1[C@@H](/C=C/[Si](C)(C)C)[C@@H]1c1ccc(C)cc1. The maximum Gasteiger partial charge on any atom is 0.310 e. The molecule has 1 saturated carbocycles. The van der Waals surface area contributed by atoms with Crippen LogP contribution in [0.3, 0.4) is 0 Å². The van der Waals surface area contributed by atoms with E-state index in [0.29, 0.717) is 12.5 Å². The van der Waals surface area contributed by atoms with Crippen LogP contribution in [-0.4, -0.2) is 20.7 Å². The van der Waals surface area contributed by atoms with E-state index in [9.17, 15) is 4.79 Å². The molecule has 0 N–H and O–H groups in total. The number of allylic oxidation sites excluding steroid dienone is 1. The number of ether oxygens (including phenoxy) is 1. The summed E-state index contributed by atoms with van der Waals surface area (Å²) in [7, 11) is -1.24. The van der Waals surface area contributed by atoms with Crippen LogP contribution >= 0.6 is 0 Å². The fourth-order valence-corrected chi connectivity index (χ4v) is 3.53. The molecule has 0 spiro atoms. The number of benzene rings is 1. The summed E-state index contributed by atoms with van der Waals surface area (Å²) in [6.45, 7) is 11.3. The van der Waals surface area contributed by atoms with Crippen LogP contribution in [0.5, 0.6) is 0 Å². The summed E-state index contributed by atoms with van der Waals surface area (Å²) in [6, 6.07) is 8.54. The van der Waals surface area contributed by atoms with Crippen molar-refractivity contribution in [2.24, 2.45) is 11.8 Å². The third kappa shape index (κ3) is 4.07. The van der Waals surface area contributed by atoms with Crippen molar-refractivity contribution in [3.05, 3.63) is 47.2 Å². The van der Waals surface area contributed by atoms with Gasteiger partial charge < -0.3 is 4.74 Å². The molecule has 0 heterocycles. The van der Waals surface area contributed by atoms with Gasteiger partial charge in [-0.3, -0.25) is 4.79 Å². The first kappa shape index (κ1) is 16.0. The summed E-state index contributed by atoms with van der Waals surface area (Å²) in [5, 5.41) is 0. The summed E-state index contributed by atoms with van der Waals surface area (Å²) in [5.41, 5.74) is 4.85. The number of aryl methyl sites for hydroxylation is 1. The Morgan fingerprint density at radius 2 is 1.86 bits per heavy atom. The summed E-state index contributed by atoms with van der Waals surface area (Å²) in [4.78, 5) is 12.1. The molecule has 0 aliphatic heterocycles. The van der Waals surface area contributed by atoms with Crippen LogP contribution in [0.15, 0.2) is 36.0 Å². The molecule has 1 aromatic carbocycles. The van der Waals surface area contributed by atoms with Gasteiger partial charge in [0.15, 0.2) is 0 Å². The lowest BCUT2D eigenvalue weighted by Gasteiger charge is -2.07. The fourth-order valence-electron chi connectivity index (χ4n) is 2.73. The second-order valence-corrected chi connectivity index (χ2v) is 12.1. The number of esters is 1. The first-order chi connectivity index (χ1) is 9.83. The summed E-state index contributed by atoms with van der Waals surface area (Å²) >= 11 is 0. The Bertz CT molecular complexity index is 525. The van der Waals surface area contributed by atoms with Crippen molar-refractivity contribution >= 4 is 14.0 Å². The van der Waals surface area contributed by atoms with E-state index in [4.69, 9.17) is 4.74 Å². The van der Waals surface area contributed by atoms with E-state index in [-0.39, 0.29) is 17.8 Å². The lowest BCUT2D eigenvalue weighted by Crippen LogP contribution is -2.15. The van der Waals surface area contributed by atoms with Gasteiger partial charge in [0, 0.05) is 5.92 Å². The van der Waals surface area contributed by atoms with E-state index in [0.717, 1.165) is 0 Å². The smallest absolute Gasteiger partial charge is 0.310 e. The minimum atomic E-state index is -1.24. The molecule has 0 saturated heterocycles. The first-order valence-electron chi connectivity index (χ1n) is 7.76. The second-order valence-electron chi connectivity index (χ2n) is 7.02. The zero-order valence-corrected chi connectivity index (χ0v) is 14.7. The topological polar surface area (TPSA) is 26.3 Å². The Morgan fingerprint density at radius 1 is 1.24 bits per heavy atom. The van der Waals surface area contributed by atoms with Gasteiger partial charge in [0.25, 0.3) is 0 Å². The van der Waals surface area contributed by atoms with Crippen LogP contribution in [0.2, 0.25) is 19.6 Å². The number of hydrogen-bond acceptors (Lipinski definition) is 2. The fraction of sp³-hybridized carbons (Fsp3) is 0.500. The Kier molecular flexibility index (Phi) is 4.72. The third-order valence-electron chi connectivity index (χ3n) is 3.91. The molecule has 0 aromatic heterocycles. The lowest BCUT2D eigenvalue weighted by molar-refractivity contribution is -0.145. The largest absolute Gasteiger partial charge is 0.466 e. The van der Waals surface area contributed by atoms with Crippen LogP contribution in [0.1, 0.15) is 24.0 Å². The minimum absolute atomic E-state index is 0.000237. The third-order valence-corrected chi connectivity index (χ3v) is 5.11. The van der Waals surface area contributed by atoms with Gasteiger partial charge in [-0.05, 0) is 25.3 Å². The number of hydrogen-bond donors (Lipinski definition) is 0. The van der Waals surface area contributed by atoms with Crippen LogP contribution in [0, 0.1) is 18.8 Å². The Hall–Kier alpha value is -1.35. The first-order valence-corrected chi connectivity index (χ1v) is 11.3. The van der Waals surface area contributed by atoms with Crippen molar-refractivity contribution in [2.75, 3.05) is 6.61 Å². The van der Waals surface area contributed by atoms with Crippen molar-refractivity contribution in [3.8, 4) is 0 Å². The maximum absolute atomic E-state index is 12.1. The molecule has 1 aliphatic carbocycles. The van der Waals surface area contributed by atoms with E-state index in [2.05, 4.69) is 62.6 Å². The van der Waals surface area contributed by atoms with Gasteiger partial charge in [-0.25, -0.2) is 0 Å². The van der Waals surface area contributed by atoms with Crippen LogP contribution in [0.4, 0.5) is 0 Å². The molecular weight excluding hydrogens is 276 g/mol. The molecule has 0 unspecified atom stereocenters. The van der Waals surface area contributed by atoms with E-state index < -0.39 is 8.07 Å². The normalized spacial score (nSPS) is 25.1. The number of carbonyl (C=O) groups is 1. The molecular formula is C18H26O2Si. The highest BCUT2D eigenvalue weighted by molar-refractivity contribution is 6.80. The molecule has 21 heavy (non-hydrogen) atoms. The quantitative estimate of drug-likeness (QED) is 0.598. The van der Waals surface area contributed by atoms with Gasteiger partial charge in [0.05, 0.1) is 20.6 Å². The van der Waals surface area contributed by atoms with Crippen LogP contribution in [0.25, 0.3) is 0 Å². The average Bonchev–Trinajstić information content (AvgIpc) is 3.11. The van der Waals surface area contributed by atoms with Crippen molar-refractivity contribution in [3.63, 3.8) is 0 Å². The monoisotopic (exact) mass is 302 g/mol. The van der Waals surface area contributed by atoms with Gasteiger partial charge >= 0.3 is 5.97 Å². The predicted molar refractivity (Wildman–Crippen MR) is 90.0 cm³/mol. The minimum Gasteiger partial charge on any atom is -0.466 e. The zero-order valence-electron chi connectivity index (χ0n) is 13.7. The molecule has 3 heteroatoms. The highest BCUT2D eigenvalue weighted by atomic mass is 28.3. The Morgan fingerprint density at radius 3 is 2.38 bits per heavy atom. The summed E-state index contributed by atoms with van der Waals surface area (Å²) < 4.78 is 5.24. The molecule has 0 radical (unpaired) electrons. The van der Waals surface area contributed by atoms with E-state index in [1.165, 1.54) is 11.1 Å². The summed E-state index contributed by atoms with van der Waals surface area (Å²) in [6.07, 6.45) is 2.26. The van der Waals surface area contributed by atoms with Gasteiger partial charge in [0.1, 0.15) is 0 Å². The molecule has 1 fully saturated rings. The highest BCUT2D eigenvalue weighted by Crippen LogP contribution is 2.55. The lowest BCUT2D eigenvalue weighted by atomic mass is 10.1. The molecule has 114 valence electrons. The predicted octanol–water partition coefficient (Wildman–Crippen LogP) is 4.32. The van der Waals surface area contributed by atoms with E-state index in [1.54, 1.807) is 0 Å². The van der Waals surface area contributed by atoms with E-state index >= 15 is 0 Å². The molecule has 0 bridgehead atoms. The number of rotatable bonds is 5. The van der Waals surface area contributed by atoms with Crippen molar-refractivity contribution in [1.29, 1.82) is 0 Å². The standard InChI is InChI=1S/C18H26O2Si/c1-6-20-18(19)17-15(11-12-21(3,4)5)16(17)14-9-7-13(2)8-10-14/h7-12,15-17H,6H2,1-5H3/b12-11+/t15-,16-,17-/m0/s1. The molecule has 2 nitrogen and oxygen atoms in total. The van der Waals surface area contributed by atoms with Crippen molar-refractivity contribution in [1.82, 2.24) is 0 Å². The van der Waals surface area contributed by atoms with Crippen LogP contribution < -0.4 is 0 Å². The van der Waals surface area contributed by atoms with Gasteiger partial charge in [-0.2, -0.15) is 0 Å². The van der Waals surface area contributed by atoms with Gasteiger partial charge in [-0.1, -0.05) is 61.2 Å². The van der Waals surface area contributed by atoms with Gasteiger partial charge in [-0.15, -0.1) is 0 Å².